The van der Waals surface area contributed by atoms with E-state index in [2.05, 4.69) is 16.0 Å². The van der Waals surface area contributed by atoms with Crippen LogP contribution in [0.3, 0.4) is 0 Å². The van der Waals surface area contributed by atoms with E-state index >= 15 is 0 Å². The first-order valence-corrected chi connectivity index (χ1v) is 5.83. The average molecular weight is 266 g/mol. The Morgan fingerprint density at radius 2 is 1.79 bits per heavy atom. The van der Waals surface area contributed by atoms with Gasteiger partial charge in [-0.25, -0.2) is 0 Å². The Balaban J connectivity index is 2.95. The third-order valence-electron chi connectivity index (χ3n) is 2.43. The van der Waals surface area contributed by atoms with E-state index in [0.29, 0.717) is 43.8 Å². The Bertz CT molecular complexity index is 411. The lowest BCUT2D eigenvalue weighted by atomic mass is 10.4. The Morgan fingerprint density at radius 3 is 2.26 bits per heavy atom. The number of hydrogen-bond donors (Lipinski definition) is 0. The van der Waals surface area contributed by atoms with Crippen molar-refractivity contribution < 1.29 is 14.2 Å². The van der Waals surface area contributed by atoms with Gasteiger partial charge in [0.1, 0.15) is 0 Å². The van der Waals surface area contributed by atoms with E-state index in [4.69, 9.17) is 19.5 Å². The molecule has 104 valence electrons. The van der Waals surface area contributed by atoms with Crippen LogP contribution in [0.15, 0.2) is 6.07 Å². The van der Waals surface area contributed by atoms with Gasteiger partial charge in [0.2, 0.25) is 17.7 Å². The largest absolute Gasteiger partial charge is 0.481 e. The molecule has 0 fully saturated rings. The van der Waals surface area contributed by atoms with Gasteiger partial charge in [0.05, 0.1) is 39.4 Å². The summed E-state index contributed by atoms with van der Waals surface area (Å²) in [5, 5.41) is 8.69. The van der Waals surface area contributed by atoms with E-state index in [1.54, 1.807) is 13.2 Å². The SMILES string of the molecule is COCCN(CCC#N)c1nc(OC)cc(OC)n1. The van der Waals surface area contributed by atoms with Crippen molar-refractivity contribution in [1.82, 2.24) is 9.97 Å². The van der Waals surface area contributed by atoms with Gasteiger partial charge in [-0.1, -0.05) is 0 Å². The topological polar surface area (TPSA) is 80.5 Å². The molecule has 0 N–H and O–H groups in total. The molecule has 0 aliphatic rings. The van der Waals surface area contributed by atoms with Crippen molar-refractivity contribution in [3.63, 3.8) is 0 Å². The summed E-state index contributed by atoms with van der Waals surface area (Å²) in [6.45, 7) is 1.64. The van der Waals surface area contributed by atoms with Crippen molar-refractivity contribution in [1.29, 1.82) is 5.26 Å². The second-order valence-electron chi connectivity index (χ2n) is 3.64. The molecular weight excluding hydrogens is 248 g/mol. The summed E-state index contributed by atoms with van der Waals surface area (Å²) in [5.74, 6) is 1.30. The van der Waals surface area contributed by atoms with Gasteiger partial charge in [-0.2, -0.15) is 15.2 Å². The molecule has 0 spiro atoms. The molecule has 0 saturated carbocycles. The van der Waals surface area contributed by atoms with Crippen LogP contribution in [0.1, 0.15) is 6.42 Å². The summed E-state index contributed by atoms with van der Waals surface area (Å²) in [6.07, 6.45) is 0.382. The first kappa shape index (κ1) is 15.0. The van der Waals surface area contributed by atoms with Crippen LogP contribution in [-0.4, -0.2) is 51.0 Å². The lowest BCUT2D eigenvalue weighted by Crippen LogP contribution is -2.30. The summed E-state index contributed by atoms with van der Waals surface area (Å²) in [5.41, 5.74) is 0. The van der Waals surface area contributed by atoms with Gasteiger partial charge in [0.25, 0.3) is 0 Å². The molecule has 0 bridgehead atoms. The van der Waals surface area contributed by atoms with Crippen LogP contribution < -0.4 is 14.4 Å². The van der Waals surface area contributed by atoms with Crippen LogP contribution in [0, 0.1) is 11.3 Å². The summed E-state index contributed by atoms with van der Waals surface area (Å²) >= 11 is 0. The van der Waals surface area contributed by atoms with Crippen molar-refractivity contribution >= 4 is 5.95 Å². The normalized spacial score (nSPS) is 9.79. The number of anilines is 1. The number of hydrogen-bond acceptors (Lipinski definition) is 7. The quantitative estimate of drug-likeness (QED) is 0.690. The van der Waals surface area contributed by atoms with Gasteiger partial charge in [-0.3, -0.25) is 0 Å². The third kappa shape index (κ3) is 4.60. The van der Waals surface area contributed by atoms with E-state index in [0.717, 1.165) is 0 Å². The maximum Gasteiger partial charge on any atom is 0.232 e. The average Bonchev–Trinajstić information content (AvgIpc) is 2.46. The Morgan fingerprint density at radius 1 is 1.16 bits per heavy atom. The molecule has 0 atom stereocenters. The van der Waals surface area contributed by atoms with E-state index in [1.807, 2.05) is 4.90 Å². The fraction of sp³-hybridized carbons (Fsp3) is 0.583. The van der Waals surface area contributed by atoms with E-state index in [9.17, 15) is 0 Å². The van der Waals surface area contributed by atoms with Gasteiger partial charge >= 0.3 is 0 Å². The maximum absolute atomic E-state index is 8.69. The molecule has 0 amide bonds. The van der Waals surface area contributed by atoms with Crippen molar-refractivity contribution in [3.05, 3.63) is 6.07 Å². The van der Waals surface area contributed by atoms with Crippen LogP contribution in [0.25, 0.3) is 0 Å². The minimum atomic E-state index is 0.382. The molecule has 1 rings (SSSR count). The van der Waals surface area contributed by atoms with Gasteiger partial charge < -0.3 is 19.1 Å². The molecule has 0 aliphatic heterocycles. The smallest absolute Gasteiger partial charge is 0.232 e. The second kappa shape index (κ2) is 8.11. The molecule has 0 saturated heterocycles. The Hall–Kier alpha value is -2.07. The molecule has 0 radical (unpaired) electrons. The molecule has 7 heteroatoms. The maximum atomic E-state index is 8.69. The molecule has 7 nitrogen and oxygen atoms in total. The molecular formula is C12H18N4O3. The second-order valence-corrected chi connectivity index (χ2v) is 3.64. The monoisotopic (exact) mass is 266 g/mol. The number of nitriles is 1. The number of aromatic nitrogens is 2. The van der Waals surface area contributed by atoms with Crippen molar-refractivity contribution in [2.45, 2.75) is 6.42 Å². The highest BCUT2D eigenvalue weighted by Gasteiger charge is 2.13. The van der Waals surface area contributed by atoms with E-state index in [-0.39, 0.29) is 0 Å². The van der Waals surface area contributed by atoms with Crippen LogP contribution in [0.4, 0.5) is 5.95 Å². The molecule has 1 aromatic heterocycles. The molecule has 0 aromatic carbocycles. The van der Waals surface area contributed by atoms with Crippen molar-refractivity contribution in [3.8, 4) is 17.8 Å². The Kier molecular flexibility index (Phi) is 6.39. The first-order valence-electron chi connectivity index (χ1n) is 5.83. The predicted octanol–water partition coefficient (Wildman–Crippen LogP) is 0.860. The van der Waals surface area contributed by atoms with E-state index in [1.165, 1.54) is 14.2 Å². The summed E-state index contributed by atoms with van der Waals surface area (Å²) in [6, 6.07) is 3.70. The van der Waals surface area contributed by atoms with Crippen molar-refractivity contribution in [2.75, 3.05) is 45.9 Å². The number of ether oxygens (including phenoxy) is 3. The summed E-state index contributed by atoms with van der Waals surface area (Å²) in [4.78, 5) is 10.4. The zero-order valence-corrected chi connectivity index (χ0v) is 11.4. The fourth-order valence-electron chi connectivity index (χ4n) is 1.44. The summed E-state index contributed by atoms with van der Waals surface area (Å²) in [7, 11) is 4.68. The fourth-order valence-corrected chi connectivity index (χ4v) is 1.44. The predicted molar refractivity (Wildman–Crippen MR) is 69.5 cm³/mol. The molecule has 0 aliphatic carbocycles. The number of rotatable bonds is 8. The van der Waals surface area contributed by atoms with E-state index < -0.39 is 0 Å². The van der Waals surface area contributed by atoms with Gasteiger partial charge in [0.15, 0.2) is 0 Å². The first-order chi connectivity index (χ1) is 9.24. The number of nitrogens with zero attached hydrogens (tertiary/aromatic N) is 4. The minimum Gasteiger partial charge on any atom is -0.481 e. The zero-order valence-electron chi connectivity index (χ0n) is 11.4. The molecule has 1 heterocycles. The zero-order chi connectivity index (χ0) is 14.1. The molecule has 0 unspecified atom stereocenters. The van der Waals surface area contributed by atoms with Gasteiger partial charge in [0, 0.05) is 20.2 Å². The highest BCUT2D eigenvalue weighted by Crippen LogP contribution is 2.20. The third-order valence-corrected chi connectivity index (χ3v) is 2.43. The van der Waals surface area contributed by atoms with Gasteiger partial charge in [-0.15, -0.1) is 0 Å². The van der Waals surface area contributed by atoms with Gasteiger partial charge in [-0.05, 0) is 0 Å². The number of methoxy groups -OCH3 is 3. The van der Waals surface area contributed by atoms with Crippen molar-refractivity contribution in [2.24, 2.45) is 0 Å². The minimum absolute atomic E-state index is 0.382. The van der Waals surface area contributed by atoms with Crippen LogP contribution in [0.5, 0.6) is 11.8 Å². The molecule has 1 aromatic rings. The van der Waals surface area contributed by atoms with Crippen LogP contribution in [-0.2, 0) is 4.74 Å². The highest BCUT2D eigenvalue weighted by molar-refractivity contribution is 5.36. The van der Waals surface area contributed by atoms with Crippen LogP contribution >= 0.6 is 0 Å². The molecule has 19 heavy (non-hydrogen) atoms. The standard InChI is InChI=1S/C12H18N4O3/c1-17-8-7-16(6-4-5-13)12-14-10(18-2)9-11(15-12)19-3/h9H,4,6-8H2,1-3H3. The summed E-state index contributed by atoms with van der Waals surface area (Å²) < 4.78 is 15.2. The van der Waals surface area contributed by atoms with Crippen LogP contribution in [0.2, 0.25) is 0 Å². The lowest BCUT2D eigenvalue weighted by molar-refractivity contribution is 0.205. The highest BCUT2D eigenvalue weighted by atomic mass is 16.5. The lowest BCUT2D eigenvalue weighted by Gasteiger charge is -2.21. The Labute approximate surface area is 112 Å².